The average Bonchev–Trinajstić information content (AvgIpc) is 2.89. The van der Waals surface area contributed by atoms with Crippen LogP contribution in [0.15, 0.2) is 29.4 Å². The summed E-state index contributed by atoms with van der Waals surface area (Å²) in [5.74, 6) is 0.0211. The third-order valence-corrected chi connectivity index (χ3v) is 3.42. The van der Waals surface area contributed by atoms with E-state index in [-0.39, 0.29) is 11.7 Å². The van der Waals surface area contributed by atoms with Gasteiger partial charge in [-0.3, -0.25) is 4.79 Å². The van der Waals surface area contributed by atoms with Crippen LogP contribution in [-0.4, -0.2) is 29.2 Å². The highest BCUT2D eigenvalue weighted by atomic mass is 16.5. The number of amidine groups is 1. The molecular weight excluding hydrogens is 258 g/mol. The van der Waals surface area contributed by atoms with Crippen molar-refractivity contribution in [1.82, 2.24) is 0 Å². The lowest BCUT2D eigenvalue weighted by Crippen LogP contribution is -2.39. The molecule has 0 aliphatic carbocycles. The number of benzene rings is 1. The second-order valence-electron chi connectivity index (χ2n) is 5.10. The molecule has 108 valence electrons. The van der Waals surface area contributed by atoms with Crippen LogP contribution < -0.4 is 11.1 Å². The topological polar surface area (TPSA) is 96.9 Å². The number of carbonyl (C=O) groups excluding carboxylic acids is 1. The Bertz CT molecular complexity index is 505. The molecule has 1 aromatic carbocycles. The van der Waals surface area contributed by atoms with E-state index in [4.69, 9.17) is 15.7 Å². The summed E-state index contributed by atoms with van der Waals surface area (Å²) in [6.45, 7) is 2.44. The molecule has 20 heavy (non-hydrogen) atoms. The first-order valence-corrected chi connectivity index (χ1v) is 6.54. The fourth-order valence-electron chi connectivity index (χ4n) is 2.17. The van der Waals surface area contributed by atoms with Gasteiger partial charge in [-0.05, 0) is 37.5 Å². The van der Waals surface area contributed by atoms with Crippen LogP contribution in [0, 0.1) is 0 Å². The summed E-state index contributed by atoms with van der Waals surface area (Å²) in [4.78, 5) is 12.1. The second-order valence-corrected chi connectivity index (χ2v) is 5.10. The minimum Gasteiger partial charge on any atom is -0.409 e. The van der Waals surface area contributed by atoms with Crippen LogP contribution >= 0.6 is 0 Å². The zero-order chi connectivity index (χ0) is 14.6. The molecule has 1 unspecified atom stereocenters. The molecule has 1 aromatic rings. The van der Waals surface area contributed by atoms with Crippen LogP contribution in [0.5, 0.6) is 0 Å². The van der Waals surface area contributed by atoms with E-state index in [1.54, 1.807) is 12.1 Å². The number of nitrogens with two attached hydrogens (primary N) is 1. The number of amides is 1. The number of nitrogens with zero attached hydrogens (tertiary/aromatic N) is 1. The minimum atomic E-state index is -0.730. The van der Waals surface area contributed by atoms with Gasteiger partial charge in [0.25, 0.3) is 5.91 Å². The summed E-state index contributed by atoms with van der Waals surface area (Å²) in [7, 11) is 0. The molecule has 0 radical (unpaired) electrons. The minimum absolute atomic E-state index is 0.126. The molecule has 0 spiro atoms. The molecule has 6 nitrogen and oxygen atoms in total. The van der Waals surface area contributed by atoms with Crippen molar-refractivity contribution >= 4 is 17.4 Å². The summed E-state index contributed by atoms with van der Waals surface area (Å²) < 4.78 is 5.49. The lowest BCUT2D eigenvalue weighted by molar-refractivity contribution is -0.133. The summed E-state index contributed by atoms with van der Waals surface area (Å²) in [6, 6.07) is 7.23. The lowest BCUT2D eigenvalue weighted by Gasteiger charge is -2.21. The van der Waals surface area contributed by atoms with Gasteiger partial charge >= 0.3 is 0 Å². The molecule has 1 aliphatic rings. The normalized spacial score (nSPS) is 22.8. The third-order valence-electron chi connectivity index (χ3n) is 3.42. The van der Waals surface area contributed by atoms with Crippen LogP contribution in [0.4, 0.5) is 5.69 Å². The first-order valence-electron chi connectivity index (χ1n) is 6.54. The van der Waals surface area contributed by atoms with Crippen LogP contribution in [0.25, 0.3) is 0 Å². The Morgan fingerprint density at radius 3 is 2.75 bits per heavy atom. The number of hydrogen-bond acceptors (Lipinski definition) is 4. The Morgan fingerprint density at radius 1 is 1.50 bits per heavy atom. The molecule has 0 aromatic heterocycles. The predicted molar refractivity (Wildman–Crippen MR) is 75.8 cm³/mol. The number of hydrogen-bond donors (Lipinski definition) is 3. The van der Waals surface area contributed by atoms with Gasteiger partial charge in [0, 0.05) is 18.7 Å². The van der Waals surface area contributed by atoms with Gasteiger partial charge < -0.3 is 21.0 Å². The quantitative estimate of drug-likeness (QED) is 0.336. The number of anilines is 1. The van der Waals surface area contributed by atoms with E-state index in [0.29, 0.717) is 18.7 Å². The van der Waals surface area contributed by atoms with Gasteiger partial charge in [-0.1, -0.05) is 17.3 Å². The molecule has 1 fully saturated rings. The molecule has 1 saturated heterocycles. The van der Waals surface area contributed by atoms with Crippen molar-refractivity contribution in [3.63, 3.8) is 0 Å². The Labute approximate surface area is 117 Å². The smallest absolute Gasteiger partial charge is 0.256 e. The number of rotatable bonds is 4. The van der Waals surface area contributed by atoms with Crippen molar-refractivity contribution < 1.29 is 14.7 Å². The molecule has 2 rings (SSSR count). The van der Waals surface area contributed by atoms with Crippen molar-refractivity contribution in [1.29, 1.82) is 0 Å². The van der Waals surface area contributed by atoms with Crippen LogP contribution in [-0.2, 0) is 16.0 Å². The molecule has 1 heterocycles. The molecule has 0 saturated carbocycles. The maximum absolute atomic E-state index is 12.1. The number of oxime groups is 1. The Balaban J connectivity index is 1.98. The van der Waals surface area contributed by atoms with Gasteiger partial charge in [0.1, 0.15) is 11.4 Å². The fraction of sp³-hybridized carbons (Fsp3) is 0.429. The zero-order valence-corrected chi connectivity index (χ0v) is 11.4. The van der Waals surface area contributed by atoms with E-state index >= 15 is 0 Å². The van der Waals surface area contributed by atoms with Crippen LogP contribution in [0.2, 0.25) is 0 Å². The van der Waals surface area contributed by atoms with Gasteiger partial charge in [0.2, 0.25) is 0 Å². The molecular formula is C14H19N3O3. The molecule has 4 N–H and O–H groups in total. The Morgan fingerprint density at radius 2 is 2.20 bits per heavy atom. The van der Waals surface area contributed by atoms with Crippen molar-refractivity contribution in [2.75, 3.05) is 11.9 Å². The van der Waals surface area contributed by atoms with Gasteiger partial charge in [-0.2, -0.15) is 0 Å². The molecule has 1 atom stereocenters. The van der Waals surface area contributed by atoms with E-state index in [1.165, 1.54) is 0 Å². The van der Waals surface area contributed by atoms with Crippen molar-refractivity contribution in [2.24, 2.45) is 10.9 Å². The number of ether oxygens (including phenoxy) is 1. The summed E-state index contributed by atoms with van der Waals surface area (Å²) in [5, 5.41) is 14.3. The molecule has 1 aliphatic heterocycles. The van der Waals surface area contributed by atoms with E-state index in [1.807, 2.05) is 19.1 Å². The Hall–Kier alpha value is -2.08. The molecule has 0 bridgehead atoms. The number of nitrogens with one attached hydrogen (secondary N) is 1. The van der Waals surface area contributed by atoms with E-state index in [0.717, 1.165) is 18.4 Å². The van der Waals surface area contributed by atoms with Crippen molar-refractivity contribution in [3.05, 3.63) is 29.8 Å². The molecule has 1 amide bonds. The summed E-state index contributed by atoms with van der Waals surface area (Å²) >= 11 is 0. The lowest BCUT2D eigenvalue weighted by atomic mass is 10.0. The van der Waals surface area contributed by atoms with Crippen molar-refractivity contribution in [2.45, 2.75) is 31.8 Å². The summed E-state index contributed by atoms with van der Waals surface area (Å²) in [5.41, 5.74) is 6.32. The second kappa shape index (κ2) is 5.92. The first-order chi connectivity index (χ1) is 9.53. The third kappa shape index (κ3) is 3.27. The first kappa shape index (κ1) is 14.3. The Kier molecular flexibility index (Phi) is 4.24. The monoisotopic (exact) mass is 277 g/mol. The SMILES string of the molecule is CC1(C(=O)Nc2ccc(C/C(N)=N/O)cc2)CCCO1. The highest BCUT2D eigenvalue weighted by Crippen LogP contribution is 2.26. The molecule has 6 heteroatoms. The van der Waals surface area contributed by atoms with E-state index in [2.05, 4.69) is 10.5 Å². The highest BCUT2D eigenvalue weighted by molar-refractivity contribution is 5.97. The van der Waals surface area contributed by atoms with Gasteiger partial charge in [-0.25, -0.2) is 0 Å². The van der Waals surface area contributed by atoms with Crippen LogP contribution in [0.1, 0.15) is 25.3 Å². The average molecular weight is 277 g/mol. The highest BCUT2D eigenvalue weighted by Gasteiger charge is 2.37. The maximum Gasteiger partial charge on any atom is 0.256 e. The largest absolute Gasteiger partial charge is 0.409 e. The predicted octanol–water partition coefficient (Wildman–Crippen LogP) is 1.48. The summed E-state index contributed by atoms with van der Waals surface area (Å²) in [6.07, 6.45) is 2.01. The fourth-order valence-corrected chi connectivity index (χ4v) is 2.17. The van der Waals surface area contributed by atoms with Crippen molar-refractivity contribution in [3.8, 4) is 0 Å². The van der Waals surface area contributed by atoms with Gasteiger partial charge in [-0.15, -0.1) is 0 Å². The van der Waals surface area contributed by atoms with E-state index in [9.17, 15) is 4.79 Å². The standard InChI is InChI=1S/C14H19N3O3/c1-14(7-2-8-20-14)13(18)16-11-5-3-10(4-6-11)9-12(15)17-19/h3-6,19H,2,7-9H2,1H3,(H2,15,17)(H,16,18). The van der Waals surface area contributed by atoms with Gasteiger partial charge in [0.15, 0.2) is 0 Å². The zero-order valence-electron chi connectivity index (χ0n) is 11.4. The van der Waals surface area contributed by atoms with Gasteiger partial charge in [0.05, 0.1) is 0 Å². The van der Waals surface area contributed by atoms with Crippen LogP contribution in [0.3, 0.4) is 0 Å². The van der Waals surface area contributed by atoms with E-state index < -0.39 is 5.60 Å². The maximum atomic E-state index is 12.1. The number of carbonyl (C=O) groups is 1.